The van der Waals surface area contributed by atoms with Crippen molar-refractivity contribution in [3.8, 4) is 0 Å². The van der Waals surface area contributed by atoms with E-state index >= 15 is 0 Å². The molecule has 0 spiro atoms. The van der Waals surface area contributed by atoms with E-state index in [9.17, 15) is 18.3 Å². The number of hydrogen-bond donors (Lipinski definition) is 2. The average Bonchev–Trinajstić information content (AvgIpc) is 3.38. The van der Waals surface area contributed by atoms with Gasteiger partial charge in [0.2, 0.25) is 0 Å². The number of fused-ring (bicyclic) bond motifs is 3. The van der Waals surface area contributed by atoms with Crippen LogP contribution in [0.5, 0.6) is 0 Å². The minimum absolute atomic E-state index is 0.170. The van der Waals surface area contributed by atoms with Crippen LogP contribution >= 0.6 is 11.8 Å². The summed E-state index contributed by atoms with van der Waals surface area (Å²) in [5.74, 6) is 0.632. The molecule has 1 atom stereocenters. The number of pyridine rings is 1. The van der Waals surface area contributed by atoms with Gasteiger partial charge in [-0.05, 0) is 42.9 Å². The van der Waals surface area contributed by atoms with Crippen LogP contribution in [0.25, 0.3) is 22.1 Å². The summed E-state index contributed by atoms with van der Waals surface area (Å²) in [7, 11) is 0. The molecule has 168 valence electrons. The molecule has 6 nitrogen and oxygen atoms in total. The number of aliphatic hydroxyl groups is 1. The number of likely N-dealkylation sites (tertiary alicyclic amines) is 1. The second-order valence-electron chi connectivity index (χ2n) is 8.18. The maximum Gasteiger partial charge on any atom is 0.429 e. The van der Waals surface area contributed by atoms with Gasteiger partial charge in [-0.1, -0.05) is 11.8 Å². The summed E-state index contributed by atoms with van der Waals surface area (Å²) in [6.45, 7) is 3.92. The highest BCUT2D eigenvalue weighted by atomic mass is 32.2. The molecule has 0 aliphatic carbocycles. The first-order valence-electron chi connectivity index (χ1n) is 10.4. The highest BCUT2D eigenvalue weighted by molar-refractivity contribution is 8.05. The van der Waals surface area contributed by atoms with Crippen LogP contribution in [-0.4, -0.2) is 55.3 Å². The van der Waals surface area contributed by atoms with Crippen LogP contribution in [0.2, 0.25) is 0 Å². The van der Waals surface area contributed by atoms with Crippen LogP contribution in [0.3, 0.4) is 0 Å². The van der Waals surface area contributed by atoms with Gasteiger partial charge in [0.05, 0.1) is 11.7 Å². The molecule has 5 rings (SSSR count). The summed E-state index contributed by atoms with van der Waals surface area (Å²) in [6, 6.07) is 2.15. The van der Waals surface area contributed by atoms with Crippen molar-refractivity contribution < 1.29 is 18.3 Å². The number of piperidine rings is 1. The summed E-state index contributed by atoms with van der Waals surface area (Å²) >= 11 is 0.685. The Balaban J connectivity index is 1.35. The van der Waals surface area contributed by atoms with Gasteiger partial charge in [-0.3, -0.25) is 4.90 Å². The van der Waals surface area contributed by atoms with Gasteiger partial charge in [-0.2, -0.15) is 13.2 Å². The molecule has 32 heavy (non-hydrogen) atoms. The van der Waals surface area contributed by atoms with Crippen molar-refractivity contribution in [2.24, 2.45) is 0 Å². The molecule has 0 radical (unpaired) electrons. The van der Waals surface area contributed by atoms with Crippen LogP contribution in [-0.2, 0) is 0 Å². The standard InChI is InChI=1S/C22H22F3N5OS/c1-13(31)21-28-17-10-27-20-16(4-7-26-20)19(17)30(21)15-5-8-29(9-6-15)11-14-2-3-18(32-12-14)22(23,24)25/h2,4,7,10,12-13,15,31H,5-6,8-9,11H2,1H3,(H,26,27). The van der Waals surface area contributed by atoms with Crippen LogP contribution in [0.4, 0.5) is 13.2 Å². The third-order valence-corrected chi connectivity index (χ3v) is 6.94. The normalized spacial score (nSPS) is 19.5. The number of aromatic nitrogens is 4. The number of H-pyrrole nitrogens is 1. The molecule has 1 unspecified atom stereocenters. The fourth-order valence-electron chi connectivity index (χ4n) is 4.46. The fourth-order valence-corrected chi connectivity index (χ4v) is 5.13. The van der Waals surface area contributed by atoms with Gasteiger partial charge < -0.3 is 14.7 Å². The van der Waals surface area contributed by atoms with Crippen molar-refractivity contribution in [3.63, 3.8) is 0 Å². The van der Waals surface area contributed by atoms with Gasteiger partial charge in [0.15, 0.2) is 0 Å². The number of hydrogen-bond acceptors (Lipinski definition) is 5. The molecule has 0 saturated carbocycles. The van der Waals surface area contributed by atoms with Gasteiger partial charge >= 0.3 is 6.18 Å². The molecule has 0 amide bonds. The second kappa shape index (κ2) is 8.12. The van der Waals surface area contributed by atoms with E-state index in [0.717, 1.165) is 53.6 Å². The molecule has 0 aromatic carbocycles. The number of nitrogens with one attached hydrogen (secondary N) is 1. The van der Waals surface area contributed by atoms with Gasteiger partial charge in [0, 0.05) is 37.3 Å². The van der Waals surface area contributed by atoms with Crippen LogP contribution < -0.4 is 0 Å². The lowest BCUT2D eigenvalue weighted by Crippen LogP contribution is -2.36. The van der Waals surface area contributed by atoms with Gasteiger partial charge in [0.1, 0.15) is 28.0 Å². The third-order valence-electron chi connectivity index (χ3n) is 5.94. The van der Waals surface area contributed by atoms with Crippen LogP contribution in [0.1, 0.15) is 37.7 Å². The number of imidazole rings is 1. The Morgan fingerprint density at radius 1 is 1.34 bits per heavy atom. The third kappa shape index (κ3) is 3.88. The van der Waals surface area contributed by atoms with E-state index in [0.29, 0.717) is 24.1 Å². The predicted molar refractivity (Wildman–Crippen MR) is 118 cm³/mol. The Kier molecular flexibility index (Phi) is 5.41. The Bertz CT molecular complexity index is 1260. The van der Waals surface area contributed by atoms with Gasteiger partial charge in [0.25, 0.3) is 0 Å². The first-order chi connectivity index (χ1) is 15.3. The van der Waals surface area contributed by atoms with E-state index in [1.54, 1.807) is 18.5 Å². The number of halogens is 3. The van der Waals surface area contributed by atoms with E-state index in [2.05, 4.69) is 30.2 Å². The molecule has 3 aromatic rings. The summed E-state index contributed by atoms with van der Waals surface area (Å²) in [4.78, 5) is 13.7. The van der Waals surface area contributed by atoms with Gasteiger partial charge in [-0.15, -0.1) is 5.73 Å². The number of rotatable bonds is 4. The second-order valence-corrected chi connectivity index (χ2v) is 9.06. The number of nitrogens with zero attached hydrogens (tertiary/aromatic N) is 4. The lowest BCUT2D eigenvalue weighted by molar-refractivity contribution is -0.0833. The summed E-state index contributed by atoms with van der Waals surface area (Å²) in [5.41, 5.74) is 5.73. The maximum atomic E-state index is 12.8. The molecule has 10 heteroatoms. The molecule has 3 aromatic heterocycles. The number of thioether (sulfide) groups is 1. The minimum Gasteiger partial charge on any atom is -0.385 e. The zero-order chi connectivity index (χ0) is 22.5. The molecule has 5 heterocycles. The van der Waals surface area contributed by atoms with E-state index in [-0.39, 0.29) is 6.04 Å². The highest BCUT2D eigenvalue weighted by Gasteiger charge is 2.35. The average molecular weight is 462 g/mol. The Labute approximate surface area is 186 Å². The SMILES string of the molecule is CC(O)c1nc2cnc3[nH]ccc3c2n1C1CCN(CC2=CSC(C(F)(F)F)=C=C2)CC1. The summed E-state index contributed by atoms with van der Waals surface area (Å²) in [6.07, 6.45) is 1.67. The predicted octanol–water partition coefficient (Wildman–Crippen LogP) is 4.83. The Morgan fingerprint density at radius 2 is 2.12 bits per heavy atom. The molecular weight excluding hydrogens is 439 g/mol. The molecule has 2 N–H and O–H groups in total. The Morgan fingerprint density at radius 3 is 2.78 bits per heavy atom. The Hall–Kier alpha value is -2.52. The molecular formula is C22H22F3N5OS. The number of alkyl halides is 3. The molecule has 2 aliphatic heterocycles. The summed E-state index contributed by atoms with van der Waals surface area (Å²) in [5, 5.41) is 12.9. The zero-order valence-electron chi connectivity index (χ0n) is 17.4. The molecule has 2 aliphatic rings. The van der Waals surface area contributed by atoms with Gasteiger partial charge in [-0.25, -0.2) is 9.97 Å². The van der Waals surface area contributed by atoms with Crippen LogP contribution in [0.15, 0.2) is 46.2 Å². The van der Waals surface area contributed by atoms with E-state index in [1.807, 2.05) is 12.3 Å². The van der Waals surface area contributed by atoms with Crippen LogP contribution in [0, 0.1) is 0 Å². The van der Waals surface area contributed by atoms with E-state index < -0.39 is 17.2 Å². The van der Waals surface area contributed by atoms with E-state index in [1.165, 1.54) is 6.08 Å². The van der Waals surface area contributed by atoms with Crippen molar-refractivity contribution in [3.05, 3.63) is 52.0 Å². The molecule has 0 bridgehead atoms. The van der Waals surface area contributed by atoms with Crippen molar-refractivity contribution in [2.45, 2.75) is 38.1 Å². The van der Waals surface area contributed by atoms with Crippen molar-refractivity contribution in [2.75, 3.05) is 19.6 Å². The topological polar surface area (TPSA) is 70.0 Å². The lowest BCUT2D eigenvalue weighted by Gasteiger charge is -2.34. The van der Waals surface area contributed by atoms with E-state index in [4.69, 9.17) is 0 Å². The summed E-state index contributed by atoms with van der Waals surface area (Å²) < 4.78 is 40.5. The smallest absolute Gasteiger partial charge is 0.385 e. The first kappa shape index (κ1) is 21.3. The fraction of sp³-hybridized carbons (Fsp3) is 0.409. The number of aliphatic hydroxyl groups excluding tert-OH is 1. The lowest BCUT2D eigenvalue weighted by atomic mass is 10.0. The van der Waals surface area contributed by atoms with Crippen molar-refractivity contribution in [1.82, 2.24) is 24.4 Å². The first-order valence-corrected chi connectivity index (χ1v) is 11.3. The van der Waals surface area contributed by atoms with Crippen molar-refractivity contribution >= 4 is 33.8 Å². The largest absolute Gasteiger partial charge is 0.429 e. The monoisotopic (exact) mass is 461 g/mol. The van der Waals surface area contributed by atoms with Crippen molar-refractivity contribution in [1.29, 1.82) is 0 Å². The maximum absolute atomic E-state index is 12.8. The molecule has 1 fully saturated rings. The number of aromatic amines is 1. The highest BCUT2D eigenvalue weighted by Crippen LogP contribution is 2.37. The quantitative estimate of drug-likeness (QED) is 0.545. The molecule has 1 saturated heterocycles. The minimum atomic E-state index is -4.35. The zero-order valence-corrected chi connectivity index (χ0v) is 18.2.